The number of rotatable bonds is 2. The molecule has 16 heavy (non-hydrogen) atoms. The molecule has 0 amide bonds. The molecule has 3 nitrogen and oxygen atoms in total. The van der Waals surface area contributed by atoms with Gasteiger partial charge in [-0.15, -0.1) is 0 Å². The Bertz CT molecular complexity index is 485. The zero-order valence-corrected chi connectivity index (χ0v) is 8.91. The zero-order chi connectivity index (χ0) is 11.7. The average molecular weight is 222 g/mol. The quantitative estimate of drug-likeness (QED) is 0.778. The van der Waals surface area contributed by atoms with Crippen molar-refractivity contribution in [2.75, 3.05) is 0 Å². The molecule has 5 heteroatoms. The normalized spacial score (nSPS) is 10.6. The van der Waals surface area contributed by atoms with Gasteiger partial charge in [0.1, 0.15) is 11.8 Å². The highest BCUT2D eigenvalue weighted by atomic mass is 19.3. The minimum atomic E-state index is -2.63. The zero-order valence-electron chi connectivity index (χ0n) is 8.91. The molecular weight excluding hydrogens is 212 g/mol. The van der Waals surface area contributed by atoms with Crippen LogP contribution in [-0.4, -0.2) is 9.67 Å². The van der Waals surface area contributed by atoms with Crippen molar-refractivity contribution >= 4 is 0 Å². The third kappa shape index (κ3) is 2.01. The molecule has 0 radical (unpaired) electrons. The van der Waals surface area contributed by atoms with E-state index >= 15 is 0 Å². The van der Waals surface area contributed by atoms with Crippen LogP contribution in [-0.2, 0) is 0 Å². The molecule has 0 aliphatic rings. The molecule has 0 aromatic carbocycles. The number of aryl methyl sites for hydroxylation is 2. The highest BCUT2D eigenvalue weighted by Gasteiger charge is 2.17. The van der Waals surface area contributed by atoms with Crippen molar-refractivity contribution in [1.29, 1.82) is 0 Å². The topological polar surface area (TPSA) is 31.9 Å². The Labute approximate surface area is 91.7 Å². The van der Waals surface area contributed by atoms with E-state index in [9.17, 15) is 8.78 Å². The van der Waals surface area contributed by atoms with Gasteiger partial charge in [-0.3, -0.25) is 4.98 Å². The van der Waals surface area contributed by atoms with E-state index in [-0.39, 0.29) is 0 Å². The van der Waals surface area contributed by atoms with Gasteiger partial charge in [0.2, 0.25) is 0 Å². The van der Waals surface area contributed by atoms with Crippen LogP contribution in [0.4, 0.5) is 8.78 Å². The molecule has 0 saturated carbocycles. The molecule has 0 atom stereocenters. The molecule has 2 heterocycles. The monoisotopic (exact) mass is 222 g/mol. The first-order chi connectivity index (χ1) is 7.56. The summed E-state index contributed by atoms with van der Waals surface area (Å²) in [7, 11) is 0. The van der Waals surface area contributed by atoms with E-state index in [0.717, 1.165) is 17.0 Å². The maximum atomic E-state index is 12.3. The molecule has 2 aromatic rings. The van der Waals surface area contributed by atoms with Gasteiger partial charge in [-0.25, -0.2) is 0 Å². The fraction of sp³-hybridized carbons (Fsp3) is 0.273. The van der Waals surface area contributed by atoms with Gasteiger partial charge in [-0.1, -0.05) is 0 Å². The SMILES string of the molecule is Cc1cc(-c2c#[n+]n(C(F)F)c2)cc(C)n1. The van der Waals surface area contributed by atoms with E-state index in [4.69, 9.17) is 0 Å². The second-order valence-corrected chi connectivity index (χ2v) is 3.55. The smallest absolute Gasteiger partial charge is 0.258 e. The van der Waals surface area contributed by atoms with Gasteiger partial charge >= 0.3 is 12.7 Å². The summed E-state index contributed by atoms with van der Waals surface area (Å²) >= 11 is 0. The third-order valence-electron chi connectivity index (χ3n) is 2.14. The van der Waals surface area contributed by atoms with Gasteiger partial charge < -0.3 is 0 Å². The van der Waals surface area contributed by atoms with Crippen LogP contribution in [0.25, 0.3) is 11.1 Å². The first kappa shape index (κ1) is 10.6. The molecule has 0 unspecified atom stereocenters. The predicted molar refractivity (Wildman–Crippen MR) is 52.8 cm³/mol. The Kier molecular flexibility index (Phi) is 2.57. The summed E-state index contributed by atoms with van der Waals surface area (Å²) in [5, 5.41) is 3.47. The lowest BCUT2D eigenvalue weighted by molar-refractivity contribution is -0.443. The van der Waals surface area contributed by atoms with Crippen LogP contribution in [0.1, 0.15) is 17.9 Å². The lowest BCUT2D eigenvalue weighted by atomic mass is 10.1. The van der Waals surface area contributed by atoms with Crippen LogP contribution in [0.3, 0.4) is 0 Å². The van der Waals surface area contributed by atoms with Gasteiger partial charge in [0, 0.05) is 21.6 Å². The largest absolute Gasteiger partial charge is 0.380 e. The van der Waals surface area contributed by atoms with Crippen molar-refractivity contribution in [3.63, 3.8) is 0 Å². The Morgan fingerprint density at radius 1 is 1.31 bits per heavy atom. The predicted octanol–water partition coefficient (Wildman–Crippen LogP) is 1.96. The maximum absolute atomic E-state index is 12.3. The van der Waals surface area contributed by atoms with Gasteiger partial charge in [-0.2, -0.15) is 8.78 Å². The van der Waals surface area contributed by atoms with Crippen molar-refractivity contribution < 1.29 is 13.9 Å². The number of hydrogen-bond acceptors (Lipinski definition) is 1. The number of alkyl halides is 2. The first-order valence-corrected chi connectivity index (χ1v) is 4.77. The van der Waals surface area contributed by atoms with Crippen LogP contribution in [0.15, 0.2) is 18.3 Å². The summed E-state index contributed by atoms with van der Waals surface area (Å²) in [6.07, 6.45) is 3.84. The first-order valence-electron chi connectivity index (χ1n) is 4.77. The van der Waals surface area contributed by atoms with Crippen molar-refractivity contribution in [3.8, 4) is 11.1 Å². The van der Waals surface area contributed by atoms with Gasteiger partial charge in [0.15, 0.2) is 0 Å². The summed E-state index contributed by atoms with van der Waals surface area (Å²) in [6.45, 7) is 1.08. The highest BCUT2D eigenvalue weighted by molar-refractivity contribution is 5.60. The molecule has 0 bridgehead atoms. The number of nitrogens with zero attached hydrogens (tertiary/aromatic N) is 3. The van der Waals surface area contributed by atoms with Crippen LogP contribution in [0.5, 0.6) is 0 Å². The van der Waals surface area contributed by atoms with Crippen molar-refractivity contribution in [2.45, 2.75) is 20.4 Å². The number of aromatic nitrogens is 3. The second kappa shape index (κ2) is 3.89. The van der Waals surface area contributed by atoms with Crippen LogP contribution < -0.4 is 5.10 Å². The Hall–Kier alpha value is -1.96. The van der Waals surface area contributed by atoms with E-state index in [1.165, 1.54) is 6.20 Å². The summed E-state index contributed by atoms with van der Waals surface area (Å²) in [5.74, 6) is 0. The van der Waals surface area contributed by atoms with E-state index in [0.29, 0.717) is 10.2 Å². The molecule has 0 spiro atoms. The third-order valence-corrected chi connectivity index (χ3v) is 2.14. The van der Waals surface area contributed by atoms with E-state index < -0.39 is 6.55 Å². The molecule has 0 saturated heterocycles. The summed E-state index contributed by atoms with van der Waals surface area (Å²) in [6, 6.07) is 3.63. The van der Waals surface area contributed by atoms with E-state index in [2.05, 4.69) is 16.3 Å². The van der Waals surface area contributed by atoms with E-state index in [1.54, 1.807) is 0 Å². The lowest BCUT2D eigenvalue weighted by Gasteiger charge is -1.98. The fourth-order valence-electron chi connectivity index (χ4n) is 1.53. The van der Waals surface area contributed by atoms with Crippen LogP contribution in [0, 0.1) is 20.0 Å². The fourth-order valence-corrected chi connectivity index (χ4v) is 1.53. The maximum Gasteiger partial charge on any atom is 0.380 e. The summed E-state index contributed by atoms with van der Waals surface area (Å²) < 4.78 is 25.2. The molecule has 0 N–H and O–H groups in total. The lowest BCUT2D eigenvalue weighted by Crippen LogP contribution is -2.11. The molecule has 0 aliphatic heterocycles. The van der Waals surface area contributed by atoms with Crippen molar-refractivity contribution in [2.24, 2.45) is 0 Å². The number of pyridine rings is 1. The number of hydrogen-bond donors (Lipinski definition) is 0. The molecule has 0 aliphatic carbocycles. The molecule has 82 valence electrons. The summed E-state index contributed by atoms with van der Waals surface area (Å²) in [5.41, 5.74) is 3.03. The minimum absolute atomic E-state index is 0.550. The average Bonchev–Trinajstić information content (AvgIpc) is 2.64. The molecule has 2 rings (SSSR count). The molecule has 2 aromatic heterocycles. The Balaban J connectivity index is 2.42. The summed E-state index contributed by atoms with van der Waals surface area (Å²) in [4.78, 5) is 4.21. The van der Waals surface area contributed by atoms with Crippen LogP contribution in [0.2, 0.25) is 0 Å². The van der Waals surface area contributed by atoms with Gasteiger partial charge in [-0.05, 0) is 26.0 Å². The minimum Gasteiger partial charge on any atom is -0.258 e. The Morgan fingerprint density at radius 3 is 2.44 bits per heavy atom. The highest BCUT2D eigenvalue weighted by Crippen LogP contribution is 2.19. The van der Waals surface area contributed by atoms with Gasteiger partial charge in [0.25, 0.3) is 0 Å². The molecule has 0 fully saturated rings. The number of halogens is 2. The van der Waals surface area contributed by atoms with E-state index in [1.807, 2.05) is 26.0 Å². The second-order valence-electron chi connectivity index (χ2n) is 3.55. The standard InChI is InChI=1S/C11H10F2N3/c1-7-3-9(4-8(2)15-7)10-5-14-16(6-10)11(12)13/h3-4,6,11H,1-2H3/q+1. The Morgan fingerprint density at radius 2 is 1.94 bits per heavy atom. The molecular formula is C11H10F2N3+. The van der Waals surface area contributed by atoms with Crippen LogP contribution >= 0.6 is 0 Å². The van der Waals surface area contributed by atoms with Crippen molar-refractivity contribution in [1.82, 2.24) is 9.67 Å². The van der Waals surface area contributed by atoms with Gasteiger partial charge in [0.05, 0.1) is 5.10 Å². The van der Waals surface area contributed by atoms with Crippen molar-refractivity contribution in [3.05, 3.63) is 35.9 Å².